The SMILES string of the molecule is CC(C)NCc1ccnc(N2CCCC2C(C)C)c1. The molecule has 0 bridgehead atoms. The molecule has 1 unspecified atom stereocenters. The van der Waals surface area contributed by atoms with Gasteiger partial charge < -0.3 is 10.2 Å². The molecular weight excluding hydrogens is 234 g/mol. The Kier molecular flexibility index (Phi) is 4.81. The summed E-state index contributed by atoms with van der Waals surface area (Å²) in [5.74, 6) is 1.85. The predicted molar refractivity (Wildman–Crippen MR) is 81.4 cm³/mol. The van der Waals surface area contributed by atoms with Crippen LogP contribution in [0, 0.1) is 5.92 Å². The van der Waals surface area contributed by atoms with E-state index in [1.165, 1.54) is 18.4 Å². The predicted octanol–water partition coefficient (Wildman–Crippen LogP) is 3.20. The van der Waals surface area contributed by atoms with E-state index in [0.717, 1.165) is 18.9 Å². The number of hydrogen-bond acceptors (Lipinski definition) is 3. The van der Waals surface area contributed by atoms with Crippen LogP contribution in [0.3, 0.4) is 0 Å². The van der Waals surface area contributed by atoms with Crippen LogP contribution in [-0.2, 0) is 6.54 Å². The second kappa shape index (κ2) is 6.38. The van der Waals surface area contributed by atoms with E-state index in [9.17, 15) is 0 Å². The molecule has 1 fully saturated rings. The van der Waals surface area contributed by atoms with Crippen molar-refractivity contribution in [2.24, 2.45) is 5.92 Å². The molecule has 1 aromatic heterocycles. The first-order valence-corrected chi connectivity index (χ1v) is 7.53. The number of pyridine rings is 1. The van der Waals surface area contributed by atoms with E-state index in [1.807, 2.05) is 6.20 Å². The lowest BCUT2D eigenvalue weighted by Gasteiger charge is -2.29. The Morgan fingerprint density at radius 3 is 2.84 bits per heavy atom. The van der Waals surface area contributed by atoms with E-state index in [1.54, 1.807) is 0 Å². The van der Waals surface area contributed by atoms with Crippen molar-refractivity contribution in [1.82, 2.24) is 10.3 Å². The van der Waals surface area contributed by atoms with Gasteiger partial charge in [0, 0.05) is 31.4 Å². The molecule has 0 saturated carbocycles. The third-order valence-corrected chi connectivity index (χ3v) is 3.89. The summed E-state index contributed by atoms with van der Waals surface area (Å²) in [6, 6.07) is 5.53. The van der Waals surface area contributed by atoms with Gasteiger partial charge in [-0.3, -0.25) is 0 Å². The zero-order chi connectivity index (χ0) is 13.8. The smallest absolute Gasteiger partial charge is 0.129 e. The molecule has 1 aromatic rings. The summed E-state index contributed by atoms with van der Waals surface area (Å²) in [5, 5.41) is 3.47. The Labute approximate surface area is 117 Å². The van der Waals surface area contributed by atoms with Crippen molar-refractivity contribution in [3.8, 4) is 0 Å². The Morgan fingerprint density at radius 1 is 1.37 bits per heavy atom. The van der Waals surface area contributed by atoms with E-state index in [4.69, 9.17) is 0 Å². The molecule has 3 nitrogen and oxygen atoms in total. The molecule has 106 valence electrons. The van der Waals surface area contributed by atoms with E-state index < -0.39 is 0 Å². The molecule has 2 rings (SSSR count). The zero-order valence-electron chi connectivity index (χ0n) is 12.7. The lowest BCUT2D eigenvalue weighted by atomic mass is 10.0. The first-order chi connectivity index (χ1) is 9.08. The third kappa shape index (κ3) is 3.69. The fourth-order valence-electron chi connectivity index (χ4n) is 2.82. The van der Waals surface area contributed by atoms with Gasteiger partial charge in [0.15, 0.2) is 0 Å². The molecule has 2 heterocycles. The average Bonchev–Trinajstić information content (AvgIpc) is 2.86. The average molecular weight is 261 g/mol. The molecule has 1 N–H and O–H groups in total. The van der Waals surface area contributed by atoms with E-state index >= 15 is 0 Å². The molecule has 3 heteroatoms. The fourth-order valence-corrected chi connectivity index (χ4v) is 2.82. The van der Waals surface area contributed by atoms with Crippen molar-refractivity contribution in [2.75, 3.05) is 11.4 Å². The zero-order valence-corrected chi connectivity index (χ0v) is 12.7. The van der Waals surface area contributed by atoms with Crippen LogP contribution in [-0.4, -0.2) is 23.6 Å². The summed E-state index contributed by atoms with van der Waals surface area (Å²) in [7, 11) is 0. The minimum absolute atomic E-state index is 0.520. The largest absolute Gasteiger partial charge is 0.353 e. The van der Waals surface area contributed by atoms with Crippen LogP contribution in [0.4, 0.5) is 5.82 Å². The van der Waals surface area contributed by atoms with Gasteiger partial charge in [0.2, 0.25) is 0 Å². The van der Waals surface area contributed by atoms with Gasteiger partial charge in [0.1, 0.15) is 5.82 Å². The van der Waals surface area contributed by atoms with Crippen LogP contribution >= 0.6 is 0 Å². The van der Waals surface area contributed by atoms with Gasteiger partial charge in [-0.25, -0.2) is 4.98 Å². The highest BCUT2D eigenvalue weighted by atomic mass is 15.2. The maximum atomic E-state index is 4.58. The van der Waals surface area contributed by atoms with Crippen molar-refractivity contribution in [3.05, 3.63) is 23.9 Å². The molecule has 1 atom stereocenters. The van der Waals surface area contributed by atoms with Crippen LogP contribution in [0.25, 0.3) is 0 Å². The van der Waals surface area contributed by atoms with Gasteiger partial charge >= 0.3 is 0 Å². The van der Waals surface area contributed by atoms with Crippen molar-refractivity contribution in [2.45, 2.75) is 59.2 Å². The van der Waals surface area contributed by atoms with Crippen molar-refractivity contribution >= 4 is 5.82 Å². The lowest BCUT2D eigenvalue weighted by Crippen LogP contribution is -2.34. The molecule has 0 spiro atoms. The Bertz CT molecular complexity index is 401. The van der Waals surface area contributed by atoms with Crippen LogP contribution in [0.5, 0.6) is 0 Å². The van der Waals surface area contributed by atoms with Gasteiger partial charge in [-0.2, -0.15) is 0 Å². The first-order valence-electron chi connectivity index (χ1n) is 7.53. The van der Waals surface area contributed by atoms with Crippen molar-refractivity contribution in [1.29, 1.82) is 0 Å². The molecule has 0 amide bonds. The van der Waals surface area contributed by atoms with Crippen molar-refractivity contribution in [3.63, 3.8) is 0 Å². The highest BCUT2D eigenvalue weighted by molar-refractivity contribution is 5.43. The number of hydrogen-bond donors (Lipinski definition) is 1. The number of aromatic nitrogens is 1. The van der Waals surface area contributed by atoms with Crippen LogP contribution < -0.4 is 10.2 Å². The highest BCUT2D eigenvalue weighted by Gasteiger charge is 2.27. The van der Waals surface area contributed by atoms with Crippen LogP contribution in [0.15, 0.2) is 18.3 Å². The lowest BCUT2D eigenvalue weighted by molar-refractivity contribution is 0.489. The molecular formula is C16H27N3. The molecule has 0 aromatic carbocycles. The highest BCUT2D eigenvalue weighted by Crippen LogP contribution is 2.28. The Balaban J connectivity index is 2.09. The summed E-state index contributed by atoms with van der Waals surface area (Å²) >= 11 is 0. The maximum absolute atomic E-state index is 4.58. The van der Waals surface area contributed by atoms with Gasteiger partial charge in [0.25, 0.3) is 0 Å². The van der Waals surface area contributed by atoms with Crippen LogP contribution in [0.1, 0.15) is 46.1 Å². The maximum Gasteiger partial charge on any atom is 0.129 e. The molecule has 19 heavy (non-hydrogen) atoms. The van der Waals surface area contributed by atoms with E-state index in [2.05, 4.69) is 55.0 Å². The van der Waals surface area contributed by atoms with Gasteiger partial charge in [-0.1, -0.05) is 27.7 Å². The van der Waals surface area contributed by atoms with Gasteiger partial charge in [0.05, 0.1) is 0 Å². The molecule has 1 saturated heterocycles. The van der Waals surface area contributed by atoms with E-state index in [0.29, 0.717) is 18.0 Å². The first kappa shape index (κ1) is 14.3. The van der Waals surface area contributed by atoms with E-state index in [-0.39, 0.29) is 0 Å². The monoisotopic (exact) mass is 261 g/mol. The topological polar surface area (TPSA) is 28.2 Å². The molecule has 1 aliphatic rings. The normalized spacial score (nSPS) is 19.7. The van der Waals surface area contributed by atoms with Crippen molar-refractivity contribution < 1.29 is 0 Å². The number of rotatable bonds is 5. The molecule has 0 radical (unpaired) electrons. The Morgan fingerprint density at radius 2 is 2.16 bits per heavy atom. The summed E-state index contributed by atoms with van der Waals surface area (Å²) < 4.78 is 0. The molecule has 1 aliphatic heterocycles. The Hall–Kier alpha value is -1.09. The number of nitrogens with zero attached hydrogens (tertiary/aromatic N) is 2. The third-order valence-electron chi connectivity index (χ3n) is 3.89. The minimum Gasteiger partial charge on any atom is -0.353 e. The quantitative estimate of drug-likeness (QED) is 0.882. The van der Waals surface area contributed by atoms with Gasteiger partial charge in [-0.15, -0.1) is 0 Å². The number of anilines is 1. The minimum atomic E-state index is 0.520. The fraction of sp³-hybridized carbons (Fsp3) is 0.688. The number of nitrogens with one attached hydrogen (secondary N) is 1. The summed E-state index contributed by atoms with van der Waals surface area (Å²) in [6.45, 7) is 11.1. The molecule has 0 aliphatic carbocycles. The van der Waals surface area contributed by atoms with Gasteiger partial charge in [-0.05, 0) is 36.5 Å². The van der Waals surface area contributed by atoms with Crippen LogP contribution in [0.2, 0.25) is 0 Å². The summed E-state index contributed by atoms with van der Waals surface area (Å²) in [4.78, 5) is 7.07. The summed E-state index contributed by atoms with van der Waals surface area (Å²) in [5.41, 5.74) is 1.33. The second-order valence-corrected chi connectivity index (χ2v) is 6.20. The second-order valence-electron chi connectivity index (χ2n) is 6.20. The summed E-state index contributed by atoms with van der Waals surface area (Å²) in [6.07, 6.45) is 4.54. The standard InChI is InChI=1S/C16H27N3/c1-12(2)15-6-5-9-19(15)16-10-14(7-8-17-16)11-18-13(3)4/h7-8,10,12-13,15,18H,5-6,9,11H2,1-4H3.